The molecule has 2 aromatic rings. The Bertz CT molecular complexity index is 589. The van der Waals surface area contributed by atoms with E-state index >= 15 is 0 Å². The molecule has 0 radical (unpaired) electrons. The van der Waals surface area contributed by atoms with Crippen molar-refractivity contribution in [3.8, 4) is 0 Å². The van der Waals surface area contributed by atoms with E-state index in [0.29, 0.717) is 16.4 Å². The topological polar surface area (TPSA) is 29.3 Å². The lowest BCUT2D eigenvalue weighted by molar-refractivity contribution is 0.627. The van der Waals surface area contributed by atoms with Crippen LogP contribution in [0.4, 0.5) is 21.5 Å². The van der Waals surface area contributed by atoms with E-state index in [4.69, 9.17) is 17.3 Å². The van der Waals surface area contributed by atoms with E-state index in [-0.39, 0.29) is 5.82 Å². The molecule has 0 atom stereocenters. The molecular formula is C13H11BrClFN2. The average Bonchev–Trinajstić information content (AvgIpc) is 2.31. The molecule has 0 heterocycles. The summed E-state index contributed by atoms with van der Waals surface area (Å²) in [6.07, 6.45) is 0. The van der Waals surface area contributed by atoms with Gasteiger partial charge in [-0.25, -0.2) is 4.39 Å². The third kappa shape index (κ3) is 2.60. The van der Waals surface area contributed by atoms with E-state index < -0.39 is 0 Å². The SMILES string of the molecule is CN(c1ccc(Br)cc1N)c1cc(Cl)ccc1F. The Labute approximate surface area is 118 Å². The standard InChI is InChI=1S/C13H11BrClFN2/c1-18(12-5-2-8(14)6-11(12)17)13-7-9(15)3-4-10(13)16/h2-7H,17H2,1H3. The maximum absolute atomic E-state index is 13.8. The van der Waals surface area contributed by atoms with Crippen LogP contribution in [0.15, 0.2) is 40.9 Å². The van der Waals surface area contributed by atoms with Crippen LogP contribution in [0.5, 0.6) is 0 Å². The van der Waals surface area contributed by atoms with Crippen LogP contribution in [0.3, 0.4) is 0 Å². The van der Waals surface area contributed by atoms with Crippen LogP contribution in [-0.4, -0.2) is 7.05 Å². The van der Waals surface area contributed by atoms with Crippen LogP contribution in [0, 0.1) is 5.82 Å². The molecule has 2 nitrogen and oxygen atoms in total. The molecule has 2 rings (SSSR count). The summed E-state index contributed by atoms with van der Waals surface area (Å²) in [6.45, 7) is 0. The molecule has 2 N–H and O–H groups in total. The molecule has 0 amide bonds. The minimum atomic E-state index is -0.343. The summed E-state index contributed by atoms with van der Waals surface area (Å²) in [5, 5.41) is 0.480. The van der Waals surface area contributed by atoms with Crippen molar-refractivity contribution in [3.05, 3.63) is 51.7 Å². The quantitative estimate of drug-likeness (QED) is 0.816. The van der Waals surface area contributed by atoms with Crippen molar-refractivity contribution in [2.24, 2.45) is 0 Å². The van der Waals surface area contributed by atoms with Crippen LogP contribution >= 0.6 is 27.5 Å². The molecule has 0 unspecified atom stereocenters. The molecule has 5 heteroatoms. The second-order valence-corrected chi connectivity index (χ2v) is 5.21. The minimum Gasteiger partial charge on any atom is -0.397 e. The van der Waals surface area contributed by atoms with Crippen LogP contribution in [0.25, 0.3) is 0 Å². The molecule has 0 fully saturated rings. The first-order chi connectivity index (χ1) is 8.49. The monoisotopic (exact) mass is 328 g/mol. The predicted octanol–water partition coefficient (Wildman–Crippen LogP) is 4.59. The number of nitrogen functional groups attached to an aromatic ring is 1. The number of hydrogen-bond donors (Lipinski definition) is 1. The normalized spacial score (nSPS) is 10.4. The molecule has 94 valence electrons. The van der Waals surface area contributed by atoms with E-state index in [0.717, 1.165) is 10.2 Å². The van der Waals surface area contributed by atoms with Gasteiger partial charge in [-0.15, -0.1) is 0 Å². The van der Waals surface area contributed by atoms with Crippen LogP contribution in [0.1, 0.15) is 0 Å². The highest BCUT2D eigenvalue weighted by Crippen LogP contribution is 2.33. The smallest absolute Gasteiger partial charge is 0.146 e. The van der Waals surface area contributed by atoms with Gasteiger partial charge < -0.3 is 10.6 Å². The molecule has 0 aromatic heterocycles. The Balaban J connectivity index is 2.47. The first kappa shape index (κ1) is 13.2. The van der Waals surface area contributed by atoms with Gasteiger partial charge in [0.15, 0.2) is 0 Å². The summed E-state index contributed by atoms with van der Waals surface area (Å²) in [5.74, 6) is -0.343. The highest BCUT2D eigenvalue weighted by Gasteiger charge is 2.12. The van der Waals surface area contributed by atoms with Crippen molar-refractivity contribution in [2.45, 2.75) is 0 Å². The molecule has 0 aliphatic heterocycles. The average molecular weight is 330 g/mol. The maximum atomic E-state index is 13.8. The van der Waals surface area contributed by atoms with Crippen molar-refractivity contribution < 1.29 is 4.39 Å². The molecule has 0 bridgehead atoms. The minimum absolute atomic E-state index is 0.343. The molecular weight excluding hydrogens is 319 g/mol. The zero-order chi connectivity index (χ0) is 13.3. The van der Waals surface area contributed by atoms with Crippen LogP contribution in [-0.2, 0) is 0 Å². The highest BCUT2D eigenvalue weighted by molar-refractivity contribution is 9.10. The van der Waals surface area contributed by atoms with Gasteiger partial charge in [-0.3, -0.25) is 0 Å². The lowest BCUT2D eigenvalue weighted by Crippen LogP contribution is -2.13. The number of nitrogens with two attached hydrogens (primary N) is 1. The molecule has 2 aromatic carbocycles. The van der Waals surface area contributed by atoms with E-state index in [2.05, 4.69) is 15.9 Å². The summed E-state index contributed by atoms with van der Waals surface area (Å²) >= 11 is 9.22. The van der Waals surface area contributed by atoms with Gasteiger partial charge >= 0.3 is 0 Å². The van der Waals surface area contributed by atoms with Gasteiger partial charge in [0.1, 0.15) is 5.82 Å². The number of nitrogens with zero attached hydrogens (tertiary/aromatic N) is 1. The Kier molecular flexibility index (Phi) is 3.78. The first-order valence-electron chi connectivity index (χ1n) is 5.23. The lowest BCUT2D eigenvalue weighted by atomic mass is 10.2. The van der Waals surface area contributed by atoms with Gasteiger partial charge in [0.25, 0.3) is 0 Å². The van der Waals surface area contributed by atoms with Crippen LogP contribution < -0.4 is 10.6 Å². The lowest BCUT2D eigenvalue weighted by Gasteiger charge is -2.22. The predicted molar refractivity (Wildman–Crippen MR) is 78.0 cm³/mol. The van der Waals surface area contributed by atoms with E-state index in [1.165, 1.54) is 12.1 Å². The molecule has 0 aliphatic rings. The highest BCUT2D eigenvalue weighted by atomic mass is 79.9. The van der Waals surface area contributed by atoms with E-state index in [1.54, 1.807) is 24.1 Å². The molecule has 0 saturated carbocycles. The van der Waals surface area contributed by atoms with Gasteiger partial charge in [0.05, 0.1) is 17.1 Å². The molecule has 0 aliphatic carbocycles. The maximum Gasteiger partial charge on any atom is 0.146 e. The third-order valence-corrected chi connectivity index (χ3v) is 3.35. The van der Waals surface area contributed by atoms with E-state index in [1.807, 2.05) is 12.1 Å². The summed E-state index contributed by atoms with van der Waals surface area (Å²) in [6, 6.07) is 9.86. The van der Waals surface area contributed by atoms with Gasteiger partial charge in [-0.05, 0) is 36.4 Å². The zero-order valence-electron chi connectivity index (χ0n) is 9.62. The van der Waals surface area contributed by atoms with Crippen molar-refractivity contribution in [1.29, 1.82) is 0 Å². The summed E-state index contributed by atoms with van der Waals surface area (Å²) in [5.41, 5.74) is 7.59. The number of halogens is 3. The molecule has 0 saturated heterocycles. The largest absolute Gasteiger partial charge is 0.397 e. The van der Waals surface area contributed by atoms with Gasteiger partial charge in [0.2, 0.25) is 0 Å². The summed E-state index contributed by atoms with van der Waals surface area (Å²) in [7, 11) is 1.74. The van der Waals surface area contributed by atoms with Crippen molar-refractivity contribution in [2.75, 3.05) is 17.7 Å². The number of hydrogen-bond acceptors (Lipinski definition) is 2. The summed E-state index contributed by atoms with van der Waals surface area (Å²) < 4.78 is 14.6. The van der Waals surface area contributed by atoms with E-state index in [9.17, 15) is 4.39 Å². The Morgan fingerprint density at radius 2 is 1.89 bits per heavy atom. The molecule has 0 spiro atoms. The number of benzene rings is 2. The van der Waals surface area contributed by atoms with Crippen molar-refractivity contribution >= 4 is 44.6 Å². The fourth-order valence-electron chi connectivity index (χ4n) is 1.70. The Morgan fingerprint density at radius 3 is 2.56 bits per heavy atom. The fourth-order valence-corrected chi connectivity index (χ4v) is 2.25. The fraction of sp³-hybridized carbons (Fsp3) is 0.0769. The Hall–Kier alpha value is -1.26. The third-order valence-electron chi connectivity index (χ3n) is 2.62. The number of rotatable bonds is 2. The zero-order valence-corrected chi connectivity index (χ0v) is 12.0. The van der Waals surface area contributed by atoms with Crippen LogP contribution in [0.2, 0.25) is 5.02 Å². The first-order valence-corrected chi connectivity index (χ1v) is 6.40. The second kappa shape index (κ2) is 5.16. The van der Waals surface area contributed by atoms with Gasteiger partial charge in [-0.2, -0.15) is 0 Å². The van der Waals surface area contributed by atoms with Crippen molar-refractivity contribution in [3.63, 3.8) is 0 Å². The second-order valence-electron chi connectivity index (χ2n) is 3.86. The molecule has 18 heavy (non-hydrogen) atoms. The number of anilines is 3. The van der Waals surface area contributed by atoms with Crippen molar-refractivity contribution in [1.82, 2.24) is 0 Å². The summed E-state index contributed by atoms with van der Waals surface area (Å²) in [4.78, 5) is 1.67. The van der Waals surface area contributed by atoms with Gasteiger partial charge in [-0.1, -0.05) is 27.5 Å². The Morgan fingerprint density at radius 1 is 1.17 bits per heavy atom. The van der Waals surface area contributed by atoms with Gasteiger partial charge in [0, 0.05) is 16.5 Å².